The summed E-state index contributed by atoms with van der Waals surface area (Å²) in [6, 6.07) is 0. The van der Waals surface area contributed by atoms with Crippen molar-refractivity contribution in [1.82, 2.24) is 9.80 Å². The average Bonchev–Trinajstić information content (AvgIpc) is 2.39. The van der Waals surface area contributed by atoms with E-state index in [-0.39, 0.29) is 11.1 Å². The third kappa shape index (κ3) is 3.48. The summed E-state index contributed by atoms with van der Waals surface area (Å²) >= 11 is 0. The lowest BCUT2D eigenvalue weighted by Gasteiger charge is -2.52. The van der Waals surface area contributed by atoms with E-state index in [9.17, 15) is 0 Å². The molecule has 2 heterocycles. The second-order valence-corrected chi connectivity index (χ2v) is 6.80. The molecule has 0 amide bonds. The van der Waals surface area contributed by atoms with Gasteiger partial charge in [-0.1, -0.05) is 6.92 Å². The number of hydrogen-bond donors (Lipinski definition) is 1. The van der Waals surface area contributed by atoms with Gasteiger partial charge in [0.1, 0.15) is 0 Å². The maximum Gasteiger partial charge on any atom is 0.0753 e. The molecule has 2 rings (SSSR count). The van der Waals surface area contributed by atoms with Gasteiger partial charge >= 0.3 is 0 Å². The lowest BCUT2D eigenvalue weighted by molar-refractivity contribution is -0.124. The van der Waals surface area contributed by atoms with Crippen molar-refractivity contribution in [3.05, 3.63) is 0 Å². The summed E-state index contributed by atoms with van der Waals surface area (Å²) in [7, 11) is 0. The highest BCUT2D eigenvalue weighted by atomic mass is 16.5. The Morgan fingerprint density at radius 2 is 1.84 bits per heavy atom. The van der Waals surface area contributed by atoms with Crippen LogP contribution in [0.4, 0.5) is 0 Å². The molecule has 0 atom stereocenters. The highest BCUT2D eigenvalue weighted by Gasteiger charge is 2.42. The van der Waals surface area contributed by atoms with Crippen LogP contribution in [0.15, 0.2) is 0 Å². The fourth-order valence-corrected chi connectivity index (χ4v) is 3.58. The second kappa shape index (κ2) is 6.08. The van der Waals surface area contributed by atoms with Crippen molar-refractivity contribution in [1.29, 1.82) is 0 Å². The zero-order valence-corrected chi connectivity index (χ0v) is 13.0. The molecule has 0 aromatic carbocycles. The summed E-state index contributed by atoms with van der Waals surface area (Å²) in [5, 5.41) is 0. The molecular weight excluding hydrogens is 238 g/mol. The predicted molar refractivity (Wildman–Crippen MR) is 79.4 cm³/mol. The van der Waals surface area contributed by atoms with Crippen molar-refractivity contribution < 1.29 is 4.74 Å². The molecule has 0 spiro atoms. The third-order valence-corrected chi connectivity index (χ3v) is 4.80. The summed E-state index contributed by atoms with van der Waals surface area (Å²) in [5.74, 6) is 0. The highest BCUT2D eigenvalue weighted by molar-refractivity contribution is 4.99. The molecule has 4 nitrogen and oxygen atoms in total. The molecule has 4 heteroatoms. The molecular formula is C15H31N3O. The first-order chi connectivity index (χ1) is 9.01. The van der Waals surface area contributed by atoms with Gasteiger partial charge in [0, 0.05) is 25.2 Å². The minimum Gasteiger partial charge on any atom is -0.373 e. The van der Waals surface area contributed by atoms with Crippen LogP contribution < -0.4 is 5.73 Å². The van der Waals surface area contributed by atoms with Gasteiger partial charge in [-0.2, -0.15) is 0 Å². The molecule has 0 radical (unpaired) electrons. The zero-order chi connectivity index (χ0) is 13.9. The molecule has 2 N–H and O–H groups in total. The number of rotatable bonds is 4. The van der Waals surface area contributed by atoms with Gasteiger partial charge in [0.15, 0.2) is 0 Å². The van der Waals surface area contributed by atoms with E-state index in [0.717, 1.165) is 26.2 Å². The Kier molecular flexibility index (Phi) is 4.88. The van der Waals surface area contributed by atoms with Crippen LogP contribution in [0, 0.1) is 0 Å². The fourth-order valence-electron chi connectivity index (χ4n) is 3.58. The van der Waals surface area contributed by atoms with Crippen molar-refractivity contribution in [2.24, 2.45) is 5.73 Å². The molecule has 2 fully saturated rings. The van der Waals surface area contributed by atoms with Crippen LogP contribution in [0.2, 0.25) is 0 Å². The summed E-state index contributed by atoms with van der Waals surface area (Å²) < 4.78 is 5.84. The lowest BCUT2D eigenvalue weighted by Crippen LogP contribution is -2.64. The molecule has 0 saturated carbocycles. The van der Waals surface area contributed by atoms with E-state index in [1.165, 1.54) is 38.9 Å². The standard InChI is InChI=1S/C15H31N3O/c1-4-7-17-8-5-15(12-16,6-9-17)18-10-11-19-14(2,3)13-18/h4-13,16H2,1-3H3. The Bertz CT molecular complexity index is 285. The maximum atomic E-state index is 6.18. The van der Waals surface area contributed by atoms with E-state index in [0.29, 0.717) is 0 Å². The van der Waals surface area contributed by atoms with Gasteiger partial charge in [0.2, 0.25) is 0 Å². The summed E-state index contributed by atoms with van der Waals surface area (Å²) in [5.41, 5.74) is 6.36. The predicted octanol–water partition coefficient (Wildman–Crippen LogP) is 1.30. The van der Waals surface area contributed by atoms with Crippen molar-refractivity contribution in [3.8, 4) is 0 Å². The minimum atomic E-state index is -0.0268. The second-order valence-electron chi connectivity index (χ2n) is 6.80. The number of hydrogen-bond acceptors (Lipinski definition) is 4. The Morgan fingerprint density at radius 1 is 1.16 bits per heavy atom. The van der Waals surface area contributed by atoms with E-state index >= 15 is 0 Å². The zero-order valence-electron chi connectivity index (χ0n) is 13.0. The van der Waals surface area contributed by atoms with Gasteiger partial charge < -0.3 is 15.4 Å². The van der Waals surface area contributed by atoms with Gasteiger partial charge in [0.25, 0.3) is 0 Å². The first-order valence-electron chi connectivity index (χ1n) is 7.83. The molecule has 112 valence electrons. The fraction of sp³-hybridized carbons (Fsp3) is 1.00. The van der Waals surface area contributed by atoms with Crippen molar-refractivity contribution >= 4 is 0 Å². The van der Waals surface area contributed by atoms with Crippen LogP contribution in [-0.4, -0.2) is 66.8 Å². The molecule has 0 aromatic heterocycles. The van der Waals surface area contributed by atoms with Crippen LogP contribution in [0.5, 0.6) is 0 Å². The average molecular weight is 269 g/mol. The minimum absolute atomic E-state index is 0.0268. The van der Waals surface area contributed by atoms with Crippen molar-refractivity contribution in [3.63, 3.8) is 0 Å². The normalized spacial score (nSPS) is 28.4. The lowest BCUT2D eigenvalue weighted by atomic mass is 9.84. The molecule has 2 aliphatic rings. The van der Waals surface area contributed by atoms with Crippen molar-refractivity contribution in [2.45, 2.75) is 51.2 Å². The number of nitrogens with two attached hydrogens (primary N) is 1. The number of likely N-dealkylation sites (tertiary alicyclic amines) is 1. The van der Waals surface area contributed by atoms with E-state index in [4.69, 9.17) is 10.5 Å². The first kappa shape index (κ1) is 15.2. The molecule has 2 saturated heterocycles. The molecule has 0 aromatic rings. The SMILES string of the molecule is CCCN1CCC(CN)(N2CCOC(C)(C)C2)CC1. The largest absolute Gasteiger partial charge is 0.373 e. The van der Waals surface area contributed by atoms with Crippen LogP contribution in [0.1, 0.15) is 40.0 Å². The van der Waals surface area contributed by atoms with Crippen LogP contribution in [0.25, 0.3) is 0 Å². The van der Waals surface area contributed by atoms with Crippen LogP contribution in [0.3, 0.4) is 0 Å². The number of piperidine rings is 1. The van der Waals surface area contributed by atoms with E-state index in [1.807, 2.05) is 0 Å². The maximum absolute atomic E-state index is 6.18. The Labute approximate surface area is 118 Å². The van der Waals surface area contributed by atoms with Gasteiger partial charge in [-0.15, -0.1) is 0 Å². The Hall–Kier alpha value is -0.160. The van der Waals surface area contributed by atoms with E-state index in [2.05, 4.69) is 30.6 Å². The van der Waals surface area contributed by atoms with E-state index < -0.39 is 0 Å². The number of morpholine rings is 1. The van der Waals surface area contributed by atoms with Gasteiger partial charge in [-0.25, -0.2) is 0 Å². The number of nitrogens with zero attached hydrogens (tertiary/aromatic N) is 2. The van der Waals surface area contributed by atoms with Gasteiger partial charge in [-0.05, 0) is 52.7 Å². The topological polar surface area (TPSA) is 41.7 Å². The monoisotopic (exact) mass is 269 g/mol. The van der Waals surface area contributed by atoms with E-state index in [1.54, 1.807) is 0 Å². The quantitative estimate of drug-likeness (QED) is 0.835. The summed E-state index contributed by atoms with van der Waals surface area (Å²) in [6.07, 6.45) is 3.67. The highest BCUT2D eigenvalue weighted by Crippen LogP contribution is 2.32. The molecule has 0 bridgehead atoms. The Balaban J connectivity index is 1.99. The first-order valence-corrected chi connectivity index (χ1v) is 7.83. The summed E-state index contributed by atoms with van der Waals surface area (Å²) in [4.78, 5) is 5.19. The van der Waals surface area contributed by atoms with Crippen molar-refractivity contribution in [2.75, 3.05) is 45.9 Å². The molecule has 0 aliphatic carbocycles. The molecule has 19 heavy (non-hydrogen) atoms. The smallest absolute Gasteiger partial charge is 0.0753 e. The van der Waals surface area contributed by atoms with Gasteiger partial charge in [-0.3, -0.25) is 4.90 Å². The summed E-state index contributed by atoms with van der Waals surface area (Å²) in [6.45, 7) is 13.9. The van der Waals surface area contributed by atoms with Gasteiger partial charge in [0.05, 0.1) is 12.2 Å². The van der Waals surface area contributed by atoms with Crippen LogP contribution >= 0.6 is 0 Å². The Morgan fingerprint density at radius 3 is 2.37 bits per heavy atom. The number of ether oxygens (including phenoxy) is 1. The van der Waals surface area contributed by atoms with Crippen LogP contribution in [-0.2, 0) is 4.74 Å². The third-order valence-electron chi connectivity index (χ3n) is 4.80. The molecule has 2 aliphatic heterocycles. The molecule has 0 unspecified atom stereocenters.